The maximum atomic E-state index is 2.25. The van der Waals surface area contributed by atoms with Gasteiger partial charge in [0, 0.05) is 12.2 Å². The lowest BCUT2D eigenvalue weighted by Gasteiger charge is -2.17. The van der Waals surface area contributed by atoms with Crippen molar-refractivity contribution in [3.8, 4) is 0 Å². The van der Waals surface area contributed by atoms with Crippen LogP contribution in [0.5, 0.6) is 0 Å². The Hall–Kier alpha value is -0.630. The molecule has 0 radical (unpaired) electrons. The molecule has 1 nitrogen and oxygen atoms in total. The average molecular weight is 137 g/mol. The van der Waals surface area contributed by atoms with Gasteiger partial charge in [-0.25, -0.2) is 0 Å². The Morgan fingerprint density at radius 2 is 2.56 bits per heavy atom. The fourth-order valence-electron chi connectivity index (χ4n) is 0.928. The molecule has 0 amide bonds. The predicted octanol–water partition coefficient (Wildman–Crippen LogP) is 1.92. The summed E-state index contributed by atoms with van der Waals surface area (Å²) in [6, 6.07) is 0. The van der Waals surface area contributed by atoms with Crippen LogP contribution in [0, 0.1) is 0 Å². The molecule has 0 unspecified atom stereocenters. The SMILES string of the molecule is C1=CCN2SC=CC2=C1. The Kier molecular flexibility index (Phi) is 1.12. The van der Waals surface area contributed by atoms with Gasteiger partial charge in [-0.2, -0.15) is 0 Å². The smallest absolute Gasteiger partial charge is 0.0482 e. The first-order chi connectivity index (χ1) is 4.47. The van der Waals surface area contributed by atoms with Crippen LogP contribution in [0.2, 0.25) is 0 Å². The third-order valence-corrected chi connectivity index (χ3v) is 2.26. The molecule has 0 aliphatic carbocycles. The number of allylic oxidation sites excluding steroid dienone is 3. The molecule has 46 valence electrons. The van der Waals surface area contributed by atoms with Crippen molar-refractivity contribution in [2.75, 3.05) is 6.54 Å². The van der Waals surface area contributed by atoms with E-state index in [0.717, 1.165) is 6.54 Å². The van der Waals surface area contributed by atoms with Crippen LogP contribution in [0.4, 0.5) is 0 Å². The van der Waals surface area contributed by atoms with Crippen molar-refractivity contribution >= 4 is 11.9 Å². The summed E-state index contributed by atoms with van der Waals surface area (Å²) in [5, 5.41) is 2.11. The van der Waals surface area contributed by atoms with E-state index in [1.165, 1.54) is 5.70 Å². The van der Waals surface area contributed by atoms with Gasteiger partial charge >= 0.3 is 0 Å². The molecular formula is C7H7NS. The zero-order valence-corrected chi connectivity index (χ0v) is 5.77. The molecule has 0 aromatic rings. The molecule has 2 heteroatoms. The van der Waals surface area contributed by atoms with E-state index in [-0.39, 0.29) is 0 Å². The van der Waals surface area contributed by atoms with E-state index in [1.807, 2.05) is 0 Å². The summed E-state index contributed by atoms with van der Waals surface area (Å²) in [4.78, 5) is 0. The lowest BCUT2D eigenvalue weighted by atomic mass is 10.3. The highest BCUT2D eigenvalue weighted by Crippen LogP contribution is 2.28. The van der Waals surface area contributed by atoms with Crippen molar-refractivity contribution in [2.24, 2.45) is 0 Å². The highest BCUT2D eigenvalue weighted by atomic mass is 32.2. The summed E-state index contributed by atoms with van der Waals surface area (Å²) in [5.41, 5.74) is 1.32. The van der Waals surface area contributed by atoms with E-state index in [9.17, 15) is 0 Å². The third kappa shape index (κ3) is 0.793. The van der Waals surface area contributed by atoms with Crippen molar-refractivity contribution in [1.82, 2.24) is 4.31 Å². The standard InChI is InChI=1S/C7H7NS/c1-2-5-8-7(3-1)4-6-9-8/h1-4,6H,5H2. The number of fused-ring (bicyclic) bond motifs is 1. The van der Waals surface area contributed by atoms with Gasteiger partial charge < -0.3 is 4.31 Å². The van der Waals surface area contributed by atoms with Gasteiger partial charge in [-0.1, -0.05) is 12.2 Å². The molecule has 2 rings (SSSR count). The summed E-state index contributed by atoms with van der Waals surface area (Å²) >= 11 is 1.76. The van der Waals surface area contributed by atoms with Crippen molar-refractivity contribution in [2.45, 2.75) is 0 Å². The molecule has 2 aliphatic heterocycles. The van der Waals surface area contributed by atoms with Crippen LogP contribution in [0.1, 0.15) is 0 Å². The summed E-state index contributed by atoms with van der Waals surface area (Å²) in [6.45, 7) is 1.05. The van der Waals surface area contributed by atoms with Crippen LogP contribution in [-0.4, -0.2) is 10.8 Å². The van der Waals surface area contributed by atoms with Crippen molar-refractivity contribution < 1.29 is 0 Å². The molecule has 0 atom stereocenters. The second-order valence-electron chi connectivity index (χ2n) is 1.99. The van der Waals surface area contributed by atoms with Gasteiger partial charge in [0.15, 0.2) is 0 Å². The van der Waals surface area contributed by atoms with E-state index < -0.39 is 0 Å². The molecule has 0 saturated heterocycles. The maximum absolute atomic E-state index is 2.25. The summed E-state index contributed by atoms with van der Waals surface area (Å²) in [7, 11) is 0. The molecular weight excluding hydrogens is 130 g/mol. The average Bonchev–Trinajstić information content (AvgIpc) is 2.33. The van der Waals surface area contributed by atoms with Crippen LogP contribution < -0.4 is 0 Å². The largest absolute Gasteiger partial charge is 0.309 e. The highest BCUT2D eigenvalue weighted by Gasteiger charge is 2.11. The van der Waals surface area contributed by atoms with Crippen molar-refractivity contribution in [3.05, 3.63) is 35.4 Å². The molecule has 0 aromatic heterocycles. The fourth-order valence-corrected chi connectivity index (χ4v) is 1.69. The Bertz CT molecular complexity index is 203. The lowest BCUT2D eigenvalue weighted by molar-refractivity contribution is 0.663. The minimum absolute atomic E-state index is 1.05. The first-order valence-corrected chi connectivity index (χ1v) is 3.78. The zero-order chi connectivity index (χ0) is 6.10. The number of hydrogen-bond donors (Lipinski definition) is 0. The van der Waals surface area contributed by atoms with Gasteiger partial charge in [-0.05, 0) is 29.5 Å². The number of hydrogen-bond acceptors (Lipinski definition) is 2. The second-order valence-corrected chi connectivity index (χ2v) is 2.91. The van der Waals surface area contributed by atoms with Crippen molar-refractivity contribution in [3.63, 3.8) is 0 Å². The Labute approximate surface area is 58.9 Å². The van der Waals surface area contributed by atoms with Crippen LogP contribution >= 0.6 is 11.9 Å². The van der Waals surface area contributed by atoms with E-state index in [4.69, 9.17) is 0 Å². The molecule has 0 saturated carbocycles. The van der Waals surface area contributed by atoms with Gasteiger partial charge in [0.2, 0.25) is 0 Å². The molecule has 9 heavy (non-hydrogen) atoms. The van der Waals surface area contributed by atoms with E-state index in [1.54, 1.807) is 11.9 Å². The molecule has 0 aromatic carbocycles. The van der Waals surface area contributed by atoms with Crippen LogP contribution in [0.25, 0.3) is 0 Å². The quantitative estimate of drug-likeness (QED) is 0.469. The summed E-state index contributed by atoms with van der Waals surface area (Å²) < 4.78 is 2.25. The fraction of sp³-hybridized carbons (Fsp3) is 0.143. The zero-order valence-electron chi connectivity index (χ0n) is 4.95. The molecule has 0 N–H and O–H groups in total. The lowest BCUT2D eigenvalue weighted by Crippen LogP contribution is -2.11. The normalized spacial score (nSPS) is 22.2. The predicted molar refractivity (Wildman–Crippen MR) is 40.7 cm³/mol. The molecule has 0 fully saturated rings. The van der Waals surface area contributed by atoms with Gasteiger partial charge in [-0.3, -0.25) is 0 Å². The molecule has 0 spiro atoms. The second kappa shape index (κ2) is 1.95. The van der Waals surface area contributed by atoms with Crippen LogP contribution in [0.15, 0.2) is 35.4 Å². The minimum atomic E-state index is 1.05. The minimum Gasteiger partial charge on any atom is -0.309 e. The van der Waals surface area contributed by atoms with E-state index >= 15 is 0 Å². The van der Waals surface area contributed by atoms with E-state index in [0.29, 0.717) is 0 Å². The molecule has 2 aliphatic rings. The summed E-state index contributed by atoms with van der Waals surface area (Å²) in [6.07, 6.45) is 8.51. The first-order valence-electron chi connectivity index (χ1n) is 2.94. The van der Waals surface area contributed by atoms with Gasteiger partial charge in [0.25, 0.3) is 0 Å². The molecule has 2 heterocycles. The van der Waals surface area contributed by atoms with E-state index in [2.05, 4.69) is 34.0 Å². The highest BCUT2D eigenvalue weighted by molar-refractivity contribution is 8.00. The molecule has 0 bridgehead atoms. The topological polar surface area (TPSA) is 3.24 Å². The monoisotopic (exact) mass is 137 g/mol. The Morgan fingerprint density at radius 3 is 3.44 bits per heavy atom. The Morgan fingerprint density at radius 1 is 1.56 bits per heavy atom. The number of rotatable bonds is 0. The van der Waals surface area contributed by atoms with Crippen molar-refractivity contribution in [1.29, 1.82) is 0 Å². The maximum Gasteiger partial charge on any atom is 0.0482 e. The van der Waals surface area contributed by atoms with Crippen LogP contribution in [0.3, 0.4) is 0 Å². The number of nitrogens with zero attached hydrogens (tertiary/aromatic N) is 1. The Balaban J connectivity index is 2.31. The van der Waals surface area contributed by atoms with Gasteiger partial charge in [-0.15, -0.1) is 0 Å². The first kappa shape index (κ1) is 5.18. The van der Waals surface area contributed by atoms with Crippen LogP contribution in [-0.2, 0) is 0 Å². The third-order valence-electron chi connectivity index (χ3n) is 1.39. The summed E-state index contributed by atoms with van der Waals surface area (Å²) in [5.74, 6) is 0. The van der Waals surface area contributed by atoms with Gasteiger partial charge in [0.1, 0.15) is 0 Å². The van der Waals surface area contributed by atoms with Gasteiger partial charge in [0.05, 0.1) is 0 Å².